The van der Waals surface area contributed by atoms with Gasteiger partial charge in [0.25, 0.3) is 0 Å². The van der Waals surface area contributed by atoms with Crippen LogP contribution >= 0.6 is 11.8 Å². The van der Waals surface area contributed by atoms with Crippen LogP contribution in [0.3, 0.4) is 0 Å². The van der Waals surface area contributed by atoms with Crippen LogP contribution in [0.25, 0.3) is 0 Å². The van der Waals surface area contributed by atoms with Gasteiger partial charge >= 0.3 is 0 Å². The molecule has 0 radical (unpaired) electrons. The van der Waals surface area contributed by atoms with Gasteiger partial charge in [-0.05, 0) is 30.4 Å². The molecule has 1 N–H and O–H groups in total. The first-order valence-corrected chi connectivity index (χ1v) is 9.18. The fourth-order valence-electron chi connectivity index (χ4n) is 3.51. The highest BCUT2D eigenvalue weighted by atomic mass is 32.2. The maximum absolute atomic E-state index is 15.3. The summed E-state index contributed by atoms with van der Waals surface area (Å²) in [5.41, 5.74) is 2.93. The lowest BCUT2D eigenvalue weighted by Crippen LogP contribution is -2.13. The zero-order valence-corrected chi connectivity index (χ0v) is 14.1. The predicted molar refractivity (Wildman–Crippen MR) is 95.0 cm³/mol. The molecule has 2 heterocycles. The highest BCUT2D eigenvalue weighted by molar-refractivity contribution is 8.04. The van der Waals surface area contributed by atoms with Crippen molar-refractivity contribution in [1.82, 2.24) is 0 Å². The number of fused-ring (bicyclic) bond motifs is 1. The molecule has 2 aliphatic rings. The summed E-state index contributed by atoms with van der Waals surface area (Å²) in [6, 6.07) is 7.78. The number of rotatable bonds is 3. The van der Waals surface area contributed by atoms with Gasteiger partial charge in [0.15, 0.2) is 6.17 Å². The summed E-state index contributed by atoms with van der Waals surface area (Å²) in [7, 11) is 0. The minimum atomic E-state index is -1.01. The molecule has 118 valence electrons. The first-order valence-electron chi connectivity index (χ1n) is 8.30. The zero-order chi connectivity index (χ0) is 15.5. The first-order chi connectivity index (χ1) is 10.8. The average molecular weight is 317 g/mol. The maximum atomic E-state index is 15.3. The fourth-order valence-corrected chi connectivity index (χ4v) is 5.30. The van der Waals surface area contributed by atoms with E-state index in [-0.39, 0.29) is 0 Å². The standard InChI is InChI=1S/C19H24FNS/c1-3-8-17-13(4-2)14-10-7-12-21-16-11-6-5-9-15(16)18(20)19(14)22-17/h5-7,9-11,13,17-18,21H,3-4,8,12H2,1-2H3/b10-7-/t13-,17?,18?/m1/s1. The smallest absolute Gasteiger partial charge is 0.158 e. The highest BCUT2D eigenvalue weighted by Gasteiger charge is 2.37. The molecule has 0 spiro atoms. The number of hydrogen-bond acceptors (Lipinski definition) is 2. The van der Waals surface area contributed by atoms with Crippen LogP contribution in [-0.4, -0.2) is 11.8 Å². The molecule has 2 aliphatic heterocycles. The van der Waals surface area contributed by atoms with E-state index in [2.05, 4.69) is 31.3 Å². The number of hydrogen-bond donors (Lipinski definition) is 1. The van der Waals surface area contributed by atoms with Gasteiger partial charge in [0.05, 0.1) is 0 Å². The van der Waals surface area contributed by atoms with E-state index in [4.69, 9.17) is 0 Å². The minimum Gasteiger partial charge on any atom is -0.381 e. The Labute approximate surface area is 137 Å². The molecule has 1 nitrogen and oxygen atoms in total. The van der Waals surface area contributed by atoms with Crippen molar-refractivity contribution in [3.05, 3.63) is 52.5 Å². The second-order valence-corrected chi connectivity index (χ2v) is 7.29. The van der Waals surface area contributed by atoms with Gasteiger partial charge in [-0.3, -0.25) is 0 Å². The van der Waals surface area contributed by atoms with Crippen molar-refractivity contribution < 1.29 is 4.39 Å². The Kier molecular flexibility index (Phi) is 4.92. The number of nitrogens with one attached hydrogen (secondary N) is 1. The van der Waals surface area contributed by atoms with E-state index in [1.165, 1.54) is 5.57 Å². The molecule has 0 bridgehead atoms. The first kappa shape index (κ1) is 15.7. The Morgan fingerprint density at radius 1 is 1.27 bits per heavy atom. The van der Waals surface area contributed by atoms with Crippen LogP contribution in [-0.2, 0) is 0 Å². The Hall–Kier alpha value is -1.22. The summed E-state index contributed by atoms with van der Waals surface area (Å²) in [6.45, 7) is 5.19. The number of halogens is 1. The van der Waals surface area contributed by atoms with Crippen molar-refractivity contribution in [1.29, 1.82) is 0 Å². The van der Waals surface area contributed by atoms with Crippen LogP contribution in [0.2, 0.25) is 0 Å². The predicted octanol–water partition coefficient (Wildman–Crippen LogP) is 5.87. The molecule has 3 rings (SSSR count). The van der Waals surface area contributed by atoms with Crippen LogP contribution in [0, 0.1) is 5.92 Å². The van der Waals surface area contributed by atoms with Gasteiger partial charge in [-0.15, -0.1) is 11.8 Å². The molecule has 3 atom stereocenters. The Morgan fingerprint density at radius 2 is 2.09 bits per heavy atom. The van der Waals surface area contributed by atoms with E-state index in [1.807, 2.05) is 24.3 Å². The molecule has 0 fully saturated rings. The molecular formula is C19H24FNS. The van der Waals surface area contributed by atoms with Crippen molar-refractivity contribution in [2.75, 3.05) is 11.9 Å². The molecule has 0 aliphatic carbocycles. The van der Waals surface area contributed by atoms with Crippen molar-refractivity contribution in [2.24, 2.45) is 5.92 Å². The molecule has 0 saturated heterocycles. The quantitative estimate of drug-likeness (QED) is 0.747. The second-order valence-electron chi connectivity index (χ2n) is 6.01. The monoisotopic (exact) mass is 317 g/mol. The lowest BCUT2D eigenvalue weighted by atomic mass is 9.89. The molecule has 22 heavy (non-hydrogen) atoms. The van der Waals surface area contributed by atoms with E-state index in [0.717, 1.165) is 42.0 Å². The van der Waals surface area contributed by atoms with Crippen LogP contribution in [0.4, 0.5) is 10.1 Å². The third-order valence-corrected chi connectivity index (χ3v) is 6.16. The zero-order valence-electron chi connectivity index (χ0n) is 13.3. The van der Waals surface area contributed by atoms with E-state index in [0.29, 0.717) is 11.2 Å². The molecule has 1 aromatic carbocycles. The summed E-state index contributed by atoms with van der Waals surface area (Å²) in [5.74, 6) is 0.486. The van der Waals surface area contributed by atoms with Crippen LogP contribution in [0.1, 0.15) is 44.8 Å². The van der Waals surface area contributed by atoms with Gasteiger partial charge in [0.2, 0.25) is 0 Å². The number of benzene rings is 1. The van der Waals surface area contributed by atoms with Crippen LogP contribution in [0.15, 0.2) is 46.9 Å². The van der Waals surface area contributed by atoms with Gasteiger partial charge in [0, 0.05) is 28.0 Å². The van der Waals surface area contributed by atoms with E-state index in [1.54, 1.807) is 11.8 Å². The average Bonchev–Trinajstić information content (AvgIpc) is 2.90. The molecule has 0 aromatic heterocycles. The Morgan fingerprint density at radius 3 is 2.86 bits per heavy atom. The SMILES string of the molecule is CCCC1SC2=C(/C=C\CNc3ccccc3C2F)[C@H]1CC. The lowest BCUT2D eigenvalue weighted by molar-refractivity contribution is 0.407. The van der Waals surface area contributed by atoms with Crippen molar-refractivity contribution in [3.63, 3.8) is 0 Å². The summed E-state index contributed by atoms with van der Waals surface area (Å²) < 4.78 is 15.3. The molecule has 0 amide bonds. The van der Waals surface area contributed by atoms with Gasteiger partial charge in [-0.25, -0.2) is 4.39 Å². The summed E-state index contributed by atoms with van der Waals surface area (Å²) >= 11 is 1.78. The molecule has 0 saturated carbocycles. The number of para-hydroxylation sites is 1. The van der Waals surface area contributed by atoms with Crippen LogP contribution < -0.4 is 5.32 Å². The number of alkyl halides is 1. The van der Waals surface area contributed by atoms with Gasteiger partial charge in [-0.2, -0.15) is 0 Å². The Balaban J connectivity index is 2.02. The number of allylic oxidation sites excluding steroid dienone is 3. The topological polar surface area (TPSA) is 12.0 Å². The van der Waals surface area contributed by atoms with Crippen LogP contribution in [0.5, 0.6) is 0 Å². The van der Waals surface area contributed by atoms with Gasteiger partial charge in [0.1, 0.15) is 0 Å². The van der Waals surface area contributed by atoms with Crippen molar-refractivity contribution in [3.8, 4) is 0 Å². The summed E-state index contributed by atoms with van der Waals surface area (Å²) in [5, 5.41) is 3.86. The number of thioether (sulfide) groups is 1. The van der Waals surface area contributed by atoms with E-state index < -0.39 is 6.17 Å². The highest BCUT2D eigenvalue weighted by Crippen LogP contribution is 2.52. The Bertz CT molecular complexity index is 593. The molecule has 1 aromatic rings. The fraction of sp³-hybridized carbons (Fsp3) is 0.474. The summed E-state index contributed by atoms with van der Waals surface area (Å²) in [4.78, 5) is 0.942. The summed E-state index contributed by atoms with van der Waals surface area (Å²) in [6.07, 6.45) is 6.70. The van der Waals surface area contributed by atoms with Gasteiger partial charge < -0.3 is 5.32 Å². The van der Waals surface area contributed by atoms with Crippen molar-refractivity contribution >= 4 is 17.4 Å². The van der Waals surface area contributed by atoms with Crippen molar-refractivity contribution in [2.45, 2.75) is 44.5 Å². The third kappa shape index (κ3) is 2.83. The maximum Gasteiger partial charge on any atom is 0.158 e. The second kappa shape index (κ2) is 6.91. The third-order valence-electron chi connectivity index (χ3n) is 4.60. The molecular weight excluding hydrogens is 293 g/mol. The van der Waals surface area contributed by atoms with E-state index in [9.17, 15) is 0 Å². The largest absolute Gasteiger partial charge is 0.381 e. The number of anilines is 1. The lowest BCUT2D eigenvalue weighted by Gasteiger charge is -2.18. The minimum absolute atomic E-state index is 0.486. The molecule has 2 unspecified atom stereocenters. The van der Waals surface area contributed by atoms with E-state index >= 15 is 4.39 Å². The molecule has 3 heteroatoms. The van der Waals surface area contributed by atoms with Gasteiger partial charge in [-0.1, -0.05) is 50.6 Å². The normalized spacial score (nSPS) is 29.0.